The van der Waals surface area contributed by atoms with Crippen LogP contribution in [-0.2, 0) is 14.9 Å². The number of carbonyl (C=O) groups is 2. The molecule has 0 bridgehead atoms. The summed E-state index contributed by atoms with van der Waals surface area (Å²) in [5, 5.41) is 12.4. The number of rotatable bonds is 5. The molecular weight excluding hydrogens is 360 g/mol. The molecule has 2 heterocycles. The molecule has 1 aromatic carbocycles. The zero-order valence-corrected chi connectivity index (χ0v) is 16.6. The summed E-state index contributed by atoms with van der Waals surface area (Å²) in [6, 6.07) is 7.81. The molecule has 2 fully saturated rings. The van der Waals surface area contributed by atoms with Gasteiger partial charge in [0.15, 0.2) is 0 Å². The van der Waals surface area contributed by atoms with E-state index < -0.39 is 11.9 Å². The first-order valence-corrected chi connectivity index (χ1v) is 9.91. The van der Waals surface area contributed by atoms with Gasteiger partial charge in [0.05, 0.1) is 13.0 Å². The Kier molecular flexibility index (Phi) is 6.44. The molecule has 2 aliphatic heterocycles. The van der Waals surface area contributed by atoms with Crippen molar-refractivity contribution in [2.24, 2.45) is 11.8 Å². The number of carboxylic acids is 1. The highest BCUT2D eigenvalue weighted by atomic mass is 16.5. The monoisotopic (exact) mass is 390 g/mol. The molecule has 0 spiro atoms. The van der Waals surface area contributed by atoms with E-state index in [9.17, 15) is 14.7 Å². The molecule has 0 aromatic heterocycles. The summed E-state index contributed by atoms with van der Waals surface area (Å²) < 4.78 is 10.8. The summed E-state index contributed by atoms with van der Waals surface area (Å²) >= 11 is 0. The maximum absolute atomic E-state index is 12.8. The second-order valence-corrected chi connectivity index (χ2v) is 8.06. The van der Waals surface area contributed by atoms with Crippen LogP contribution in [0.1, 0.15) is 31.7 Å². The molecule has 0 radical (unpaired) electrons. The van der Waals surface area contributed by atoms with Gasteiger partial charge in [-0.15, -0.1) is 0 Å². The SMILES string of the molecule is COc1ccc(C2(CNC(=O)N3CC(C)CC(C(=O)O)C3)CCOCC2)cc1. The lowest BCUT2D eigenvalue weighted by molar-refractivity contribution is -0.143. The second kappa shape index (κ2) is 8.82. The molecule has 2 saturated heterocycles. The Morgan fingerprint density at radius 1 is 1.25 bits per heavy atom. The number of ether oxygens (including phenoxy) is 2. The van der Waals surface area contributed by atoms with Gasteiger partial charge in [0.25, 0.3) is 0 Å². The lowest BCUT2D eigenvalue weighted by atomic mass is 9.74. The molecular formula is C21H30N2O5. The van der Waals surface area contributed by atoms with Gasteiger partial charge in [0.1, 0.15) is 5.75 Å². The van der Waals surface area contributed by atoms with Gasteiger partial charge in [0, 0.05) is 38.3 Å². The third kappa shape index (κ3) is 4.58. The van der Waals surface area contributed by atoms with Crippen molar-refractivity contribution in [1.29, 1.82) is 0 Å². The molecule has 0 aliphatic carbocycles. The van der Waals surface area contributed by atoms with Gasteiger partial charge in [-0.05, 0) is 42.9 Å². The van der Waals surface area contributed by atoms with E-state index in [0.29, 0.717) is 32.7 Å². The molecule has 7 heteroatoms. The van der Waals surface area contributed by atoms with E-state index in [0.717, 1.165) is 24.2 Å². The van der Waals surface area contributed by atoms with Crippen molar-refractivity contribution in [1.82, 2.24) is 10.2 Å². The molecule has 3 rings (SSSR count). The minimum atomic E-state index is -0.830. The number of nitrogens with one attached hydrogen (secondary N) is 1. The number of nitrogens with zero attached hydrogens (tertiary/aromatic N) is 1. The fourth-order valence-corrected chi connectivity index (χ4v) is 4.33. The van der Waals surface area contributed by atoms with Crippen molar-refractivity contribution in [2.45, 2.75) is 31.6 Å². The van der Waals surface area contributed by atoms with E-state index in [1.165, 1.54) is 0 Å². The Labute approximate surface area is 166 Å². The van der Waals surface area contributed by atoms with Crippen molar-refractivity contribution in [3.8, 4) is 5.75 Å². The molecule has 2 N–H and O–H groups in total. The number of piperidine rings is 1. The van der Waals surface area contributed by atoms with Crippen molar-refractivity contribution < 1.29 is 24.2 Å². The maximum atomic E-state index is 12.8. The lowest BCUT2D eigenvalue weighted by Crippen LogP contribution is -2.52. The maximum Gasteiger partial charge on any atom is 0.317 e. The van der Waals surface area contributed by atoms with Crippen LogP contribution in [0.2, 0.25) is 0 Å². The highest BCUT2D eigenvalue weighted by Gasteiger charge is 2.37. The number of hydrogen-bond acceptors (Lipinski definition) is 4. The van der Waals surface area contributed by atoms with Crippen LogP contribution in [0.3, 0.4) is 0 Å². The first-order valence-electron chi connectivity index (χ1n) is 9.91. The number of methoxy groups -OCH3 is 1. The molecule has 2 aliphatic rings. The van der Waals surface area contributed by atoms with Gasteiger partial charge in [-0.2, -0.15) is 0 Å². The van der Waals surface area contributed by atoms with Crippen LogP contribution in [0.25, 0.3) is 0 Å². The Hall–Kier alpha value is -2.28. The van der Waals surface area contributed by atoms with Crippen molar-refractivity contribution >= 4 is 12.0 Å². The summed E-state index contributed by atoms with van der Waals surface area (Å²) in [6.07, 6.45) is 2.27. The van der Waals surface area contributed by atoms with Crippen LogP contribution in [0.4, 0.5) is 4.79 Å². The Morgan fingerprint density at radius 2 is 1.93 bits per heavy atom. The summed E-state index contributed by atoms with van der Waals surface area (Å²) in [7, 11) is 1.64. The van der Waals surface area contributed by atoms with Crippen LogP contribution in [0.15, 0.2) is 24.3 Å². The number of urea groups is 1. The normalized spacial score (nSPS) is 24.4. The van der Waals surface area contributed by atoms with Gasteiger partial charge < -0.3 is 24.8 Å². The van der Waals surface area contributed by atoms with E-state index in [1.54, 1.807) is 12.0 Å². The highest BCUT2D eigenvalue weighted by molar-refractivity contribution is 5.76. The van der Waals surface area contributed by atoms with Crippen molar-refractivity contribution in [3.63, 3.8) is 0 Å². The number of amides is 2. The van der Waals surface area contributed by atoms with Gasteiger partial charge >= 0.3 is 12.0 Å². The number of carbonyl (C=O) groups excluding carboxylic acids is 1. The first kappa shape index (κ1) is 20.5. The minimum Gasteiger partial charge on any atom is -0.497 e. The van der Waals surface area contributed by atoms with Gasteiger partial charge in [-0.3, -0.25) is 4.79 Å². The quantitative estimate of drug-likeness (QED) is 0.807. The Morgan fingerprint density at radius 3 is 2.54 bits per heavy atom. The molecule has 1 aromatic rings. The zero-order valence-electron chi connectivity index (χ0n) is 16.6. The largest absolute Gasteiger partial charge is 0.497 e. The van der Waals surface area contributed by atoms with Crippen molar-refractivity contribution in [2.75, 3.05) is 40.0 Å². The highest BCUT2D eigenvalue weighted by Crippen LogP contribution is 2.35. The molecule has 0 saturated carbocycles. The van der Waals surface area contributed by atoms with Crippen molar-refractivity contribution in [3.05, 3.63) is 29.8 Å². The average Bonchev–Trinajstić information content (AvgIpc) is 2.72. The molecule has 28 heavy (non-hydrogen) atoms. The van der Waals surface area contributed by atoms with Gasteiger partial charge in [0.2, 0.25) is 0 Å². The number of carboxylic acid groups (broad SMARTS) is 1. The molecule has 2 atom stereocenters. The fraction of sp³-hybridized carbons (Fsp3) is 0.619. The van der Waals surface area contributed by atoms with Crippen LogP contribution in [-0.4, -0.2) is 62.0 Å². The van der Waals surface area contributed by atoms with Crippen LogP contribution >= 0.6 is 0 Å². The molecule has 2 amide bonds. The number of hydrogen-bond donors (Lipinski definition) is 2. The van der Waals surface area contributed by atoms with E-state index >= 15 is 0 Å². The lowest BCUT2D eigenvalue weighted by Gasteiger charge is -2.39. The number of aliphatic carboxylic acids is 1. The van der Waals surface area contributed by atoms with Crippen LogP contribution in [0, 0.1) is 11.8 Å². The van der Waals surface area contributed by atoms with Gasteiger partial charge in [-0.25, -0.2) is 4.79 Å². The minimum absolute atomic E-state index is 0.180. The molecule has 154 valence electrons. The van der Waals surface area contributed by atoms with E-state index in [2.05, 4.69) is 17.4 Å². The second-order valence-electron chi connectivity index (χ2n) is 8.06. The number of benzene rings is 1. The summed E-state index contributed by atoms with van der Waals surface area (Å²) in [6.45, 7) is 4.67. The van der Waals surface area contributed by atoms with Crippen LogP contribution in [0.5, 0.6) is 5.75 Å². The molecule has 2 unspecified atom stereocenters. The standard InChI is InChI=1S/C21H30N2O5/c1-15-11-16(19(24)25)13-23(12-15)20(26)22-14-21(7-9-28-10-8-21)17-3-5-18(27-2)6-4-17/h3-6,15-16H,7-14H2,1-2H3,(H,22,26)(H,24,25). The first-order chi connectivity index (χ1) is 13.4. The molecule has 7 nitrogen and oxygen atoms in total. The number of likely N-dealkylation sites (tertiary alicyclic amines) is 1. The third-order valence-electron chi connectivity index (χ3n) is 6.03. The summed E-state index contributed by atoms with van der Waals surface area (Å²) in [5.41, 5.74) is 0.973. The average molecular weight is 390 g/mol. The summed E-state index contributed by atoms with van der Waals surface area (Å²) in [4.78, 5) is 25.8. The van der Waals surface area contributed by atoms with Gasteiger partial charge in [-0.1, -0.05) is 19.1 Å². The predicted molar refractivity (Wildman–Crippen MR) is 105 cm³/mol. The predicted octanol–water partition coefficient (Wildman–Crippen LogP) is 2.50. The Balaban J connectivity index is 1.69. The fourth-order valence-electron chi connectivity index (χ4n) is 4.33. The smallest absolute Gasteiger partial charge is 0.317 e. The topological polar surface area (TPSA) is 88.1 Å². The summed E-state index contributed by atoms with van der Waals surface area (Å²) in [5.74, 6) is -0.340. The van der Waals surface area contributed by atoms with E-state index in [4.69, 9.17) is 9.47 Å². The zero-order chi connectivity index (χ0) is 20.1. The van der Waals surface area contributed by atoms with E-state index in [1.807, 2.05) is 19.1 Å². The van der Waals surface area contributed by atoms with Crippen LogP contribution < -0.4 is 10.1 Å². The Bertz CT molecular complexity index is 685. The van der Waals surface area contributed by atoms with E-state index in [-0.39, 0.29) is 23.9 Å². The third-order valence-corrected chi connectivity index (χ3v) is 6.03.